The van der Waals surface area contributed by atoms with E-state index in [0.29, 0.717) is 6.04 Å². The summed E-state index contributed by atoms with van der Waals surface area (Å²) in [5.41, 5.74) is 0.122. The van der Waals surface area contributed by atoms with E-state index in [1.165, 1.54) is 0 Å². The molecule has 1 atom stereocenters. The summed E-state index contributed by atoms with van der Waals surface area (Å²) in [6.45, 7) is 9.72. The van der Waals surface area contributed by atoms with E-state index in [1.807, 2.05) is 33.9 Å². The lowest BCUT2D eigenvalue weighted by molar-refractivity contribution is 0.00578. The Morgan fingerprint density at radius 3 is 2.50 bits per heavy atom. The van der Waals surface area contributed by atoms with Crippen molar-refractivity contribution >= 4 is 28.6 Å². The Hall–Kier alpha value is -0.365. The van der Waals surface area contributed by atoms with E-state index < -0.39 is 7.12 Å². The van der Waals surface area contributed by atoms with Crippen LogP contribution in [0.15, 0.2) is 10.9 Å². The first kappa shape index (κ1) is 14.6. The van der Waals surface area contributed by atoms with Gasteiger partial charge in [0.15, 0.2) is 4.73 Å². The number of halogens is 1. The van der Waals surface area contributed by atoms with E-state index in [-0.39, 0.29) is 11.2 Å². The van der Waals surface area contributed by atoms with Gasteiger partial charge < -0.3 is 18.6 Å². The third kappa shape index (κ3) is 2.34. The number of rotatable bonds is 2. The molecule has 1 aromatic rings. The molecule has 1 aromatic heterocycles. The van der Waals surface area contributed by atoms with Crippen molar-refractivity contribution in [2.75, 3.05) is 13.2 Å². The molecule has 0 aromatic carbocycles. The number of hydrogen-bond acceptors (Lipinski definition) is 4. The van der Waals surface area contributed by atoms with E-state index in [2.05, 4.69) is 25.5 Å². The maximum Gasteiger partial charge on any atom is 0.516 e. The molecule has 20 heavy (non-hydrogen) atoms. The summed E-state index contributed by atoms with van der Waals surface area (Å²) in [5.74, 6) is 0. The third-order valence-corrected chi connectivity index (χ3v) is 5.09. The highest BCUT2D eigenvalue weighted by Crippen LogP contribution is 2.36. The second-order valence-electron chi connectivity index (χ2n) is 6.45. The Morgan fingerprint density at radius 2 is 1.95 bits per heavy atom. The quantitative estimate of drug-likeness (QED) is 0.770. The van der Waals surface area contributed by atoms with Crippen LogP contribution < -0.4 is 5.59 Å². The van der Waals surface area contributed by atoms with Crippen molar-refractivity contribution in [1.82, 2.24) is 9.55 Å². The van der Waals surface area contributed by atoms with Gasteiger partial charge in [-0.15, -0.1) is 0 Å². The number of aromatic nitrogens is 2. The van der Waals surface area contributed by atoms with Gasteiger partial charge in [-0.05, 0) is 50.0 Å². The fourth-order valence-electron chi connectivity index (χ4n) is 2.46. The van der Waals surface area contributed by atoms with Crippen molar-refractivity contribution in [3.8, 4) is 0 Å². The van der Waals surface area contributed by atoms with Gasteiger partial charge in [-0.3, -0.25) is 0 Å². The van der Waals surface area contributed by atoms with Crippen molar-refractivity contribution in [3.63, 3.8) is 0 Å². The normalized spacial score (nSPS) is 28.2. The predicted octanol–water partition coefficient (Wildman–Crippen LogP) is 1.91. The van der Waals surface area contributed by atoms with Crippen LogP contribution >= 0.6 is 15.9 Å². The number of imidazole rings is 1. The van der Waals surface area contributed by atoms with Gasteiger partial charge in [-0.2, -0.15) is 0 Å². The Bertz CT molecular complexity index is 496. The average molecular weight is 343 g/mol. The Balaban J connectivity index is 1.84. The molecule has 1 unspecified atom stereocenters. The highest BCUT2D eigenvalue weighted by atomic mass is 79.9. The van der Waals surface area contributed by atoms with Gasteiger partial charge in [0.25, 0.3) is 0 Å². The first-order valence-electron chi connectivity index (χ1n) is 6.98. The van der Waals surface area contributed by atoms with Crippen molar-refractivity contribution in [3.05, 3.63) is 10.9 Å². The maximum absolute atomic E-state index is 6.03. The first-order chi connectivity index (χ1) is 9.30. The molecule has 0 amide bonds. The van der Waals surface area contributed by atoms with Gasteiger partial charge in [0, 0.05) is 12.8 Å². The molecule has 2 saturated heterocycles. The number of ether oxygens (including phenoxy) is 1. The SMILES string of the molecule is CC1(C)OB(c2cn(C3CCOC3)c(Br)n2)OC1(C)C. The topological polar surface area (TPSA) is 45.5 Å². The van der Waals surface area contributed by atoms with Gasteiger partial charge in [0.2, 0.25) is 0 Å². The molecule has 0 saturated carbocycles. The molecule has 0 spiro atoms. The van der Waals surface area contributed by atoms with E-state index in [0.717, 1.165) is 30.0 Å². The van der Waals surface area contributed by atoms with Crippen LogP contribution in [0.3, 0.4) is 0 Å². The zero-order valence-electron chi connectivity index (χ0n) is 12.4. The van der Waals surface area contributed by atoms with Crippen LogP contribution in [0.4, 0.5) is 0 Å². The molecule has 0 N–H and O–H groups in total. The van der Waals surface area contributed by atoms with Crippen molar-refractivity contribution in [1.29, 1.82) is 0 Å². The summed E-state index contributed by atoms with van der Waals surface area (Å²) in [4.78, 5) is 4.54. The molecule has 0 bridgehead atoms. The monoisotopic (exact) mass is 342 g/mol. The van der Waals surface area contributed by atoms with Crippen molar-refractivity contribution in [2.24, 2.45) is 0 Å². The Labute approximate surface area is 128 Å². The summed E-state index contributed by atoms with van der Waals surface area (Å²) in [6, 6.07) is 0.341. The van der Waals surface area contributed by atoms with E-state index in [4.69, 9.17) is 14.0 Å². The van der Waals surface area contributed by atoms with Crippen LogP contribution in [0.1, 0.15) is 40.2 Å². The Morgan fingerprint density at radius 1 is 1.30 bits per heavy atom. The Kier molecular flexibility index (Phi) is 3.52. The van der Waals surface area contributed by atoms with Crippen LogP contribution in [0.5, 0.6) is 0 Å². The van der Waals surface area contributed by atoms with E-state index in [1.54, 1.807) is 0 Å². The molecular weight excluding hydrogens is 323 g/mol. The summed E-state index contributed by atoms with van der Waals surface area (Å²) in [7, 11) is -0.417. The fraction of sp³-hybridized carbons (Fsp3) is 0.769. The first-order valence-corrected chi connectivity index (χ1v) is 7.77. The second-order valence-corrected chi connectivity index (χ2v) is 7.16. The second kappa shape index (κ2) is 4.83. The van der Waals surface area contributed by atoms with E-state index >= 15 is 0 Å². The molecule has 5 nitrogen and oxygen atoms in total. The molecule has 7 heteroatoms. The molecule has 3 heterocycles. The molecule has 2 aliphatic heterocycles. The molecule has 2 aliphatic rings. The minimum atomic E-state index is -0.417. The predicted molar refractivity (Wildman–Crippen MR) is 80.1 cm³/mol. The van der Waals surface area contributed by atoms with Crippen molar-refractivity contribution in [2.45, 2.75) is 51.4 Å². The maximum atomic E-state index is 6.03. The highest BCUT2D eigenvalue weighted by Gasteiger charge is 2.52. The zero-order valence-corrected chi connectivity index (χ0v) is 13.9. The minimum Gasteiger partial charge on any atom is -0.398 e. The van der Waals surface area contributed by atoms with Gasteiger partial charge in [-0.1, -0.05) is 0 Å². The molecule has 2 fully saturated rings. The number of hydrogen-bond donors (Lipinski definition) is 0. The summed E-state index contributed by atoms with van der Waals surface area (Å²) < 4.78 is 20.4. The highest BCUT2D eigenvalue weighted by molar-refractivity contribution is 9.10. The molecular formula is C13H20BBrN2O3. The van der Waals surface area contributed by atoms with Crippen LogP contribution in [-0.4, -0.2) is 41.1 Å². The lowest BCUT2D eigenvalue weighted by Gasteiger charge is -2.32. The van der Waals surface area contributed by atoms with Gasteiger partial charge in [0.1, 0.15) is 0 Å². The smallest absolute Gasteiger partial charge is 0.398 e. The summed E-state index contributed by atoms with van der Waals surface area (Å²) in [6.07, 6.45) is 3.02. The molecule has 110 valence electrons. The third-order valence-electron chi connectivity index (χ3n) is 4.50. The lowest BCUT2D eigenvalue weighted by atomic mass is 9.86. The minimum absolute atomic E-state index is 0.341. The summed E-state index contributed by atoms with van der Waals surface area (Å²) in [5, 5.41) is 0. The largest absolute Gasteiger partial charge is 0.516 e. The van der Waals surface area contributed by atoms with Gasteiger partial charge in [-0.25, -0.2) is 4.98 Å². The molecule has 3 rings (SSSR count). The van der Waals surface area contributed by atoms with Crippen LogP contribution in [-0.2, 0) is 14.0 Å². The van der Waals surface area contributed by atoms with Gasteiger partial charge in [0.05, 0.1) is 29.4 Å². The van der Waals surface area contributed by atoms with Crippen LogP contribution in [0.25, 0.3) is 0 Å². The van der Waals surface area contributed by atoms with Crippen LogP contribution in [0.2, 0.25) is 0 Å². The average Bonchev–Trinajstić information content (AvgIpc) is 2.98. The van der Waals surface area contributed by atoms with E-state index in [9.17, 15) is 0 Å². The van der Waals surface area contributed by atoms with Crippen LogP contribution in [0, 0.1) is 0 Å². The molecule has 0 radical (unpaired) electrons. The lowest BCUT2D eigenvalue weighted by Crippen LogP contribution is -2.41. The standard InChI is InChI=1S/C13H20BBrN2O3/c1-12(2)13(3,4)20-14(19-12)10-7-17(11(15)16-10)9-5-6-18-8-9/h7,9H,5-6,8H2,1-4H3. The molecule has 0 aliphatic carbocycles. The van der Waals surface area contributed by atoms with Gasteiger partial charge >= 0.3 is 7.12 Å². The van der Waals surface area contributed by atoms with Crippen molar-refractivity contribution < 1.29 is 14.0 Å². The number of nitrogens with zero attached hydrogens (tertiary/aromatic N) is 2. The zero-order chi connectivity index (χ0) is 14.5. The summed E-state index contributed by atoms with van der Waals surface area (Å²) >= 11 is 3.52. The fourth-order valence-corrected chi connectivity index (χ4v) is 3.06.